The molecule has 0 aliphatic rings. The van der Waals surface area contributed by atoms with E-state index in [4.69, 9.17) is 10.9 Å². The number of nitrogens with two attached hydrogens (primary N) is 1. The summed E-state index contributed by atoms with van der Waals surface area (Å²) in [6.07, 6.45) is 1.44. The smallest absolute Gasteiger partial charge is 0.196 e. The quantitative estimate of drug-likeness (QED) is 0.265. The van der Waals surface area contributed by atoms with E-state index >= 15 is 0 Å². The molecule has 0 radical (unpaired) electrons. The van der Waals surface area contributed by atoms with Crippen LogP contribution < -0.4 is 11.1 Å². The number of oxime groups is 1. The molecule has 1 heterocycles. The largest absolute Gasteiger partial charge is 0.409 e. The lowest BCUT2D eigenvalue weighted by molar-refractivity contribution is 0.318. The summed E-state index contributed by atoms with van der Waals surface area (Å²) < 4.78 is 39.4. The topological polar surface area (TPSA) is 83.5 Å². The van der Waals surface area contributed by atoms with Gasteiger partial charge >= 0.3 is 0 Å². The molecule has 2 aromatic rings. The second kappa shape index (κ2) is 6.12. The summed E-state index contributed by atoms with van der Waals surface area (Å²) in [6.45, 7) is 0.0292. The summed E-state index contributed by atoms with van der Waals surface area (Å²) in [6, 6.07) is 5.11. The van der Waals surface area contributed by atoms with Crippen molar-refractivity contribution in [2.75, 3.05) is 5.32 Å². The van der Waals surface area contributed by atoms with Crippen LogP contribution in [0.25, 0.3) is 0 Å². The zero-order valence-corrected chi connectivity index (χ0v) is 10.6. The van der Waals surface area contributed by atoms with Gasteiger partial charge in [-0.1, -0.05) is 11.2 Å². The maximum atomic E-state index is 13.5. The lowest BCUT2D eigenvalue weighted by Crippen LogP contribution is -2.18. The molecule has 0 bridgehead atoms. The van der Waals surface area contributed by atoms with Gasteiger partial charge in [-0.15, -0.1) is 0 Å². The molecule has 0 spiro atoms. The van der Waals surface area contributed by atoms with Gasteiger partial charge in [0.1, 0.15) is 5.69 Å². The van der Waals surface area contributed by atoms with Crippen LogP contribution in [0.1, 0.15) is 11.3 Å². The van der Waals surface area contributed by atoms with Crippen LogP contribution in [0.5, 0.6) is 0 Å². The van der Waals surface area contributed by atoms with Crippen LogP contribution in [0.15, 0.2) is 35.6 Å². The Balaban J connectivity index is 2.24. The molecular weight excluding hydrogens is 285 g/mol. The highest BCUT2D eigenvalue weighted by atomic mass is 19.2. The Kier molecular flexibility index (Phi) is 4.27. The number of nitrogens with one attached hydrogen (secondary N) is 1. The van der Waals surface area contributed by atoms with Crippen LogP contribution in [-0.4, -0.2) is 16.0 Å². The lowest BCUT2D eigenvalue weighted by atomic mass is 10.1. The molecule has 2 rings (SSSR count). The van der Waals surface area contributed by atoms with Crippen molar-refractivity contribution >= 4 is 11.5 Å². The summed E-state index contributed by atoms with van der Waals surface area (Å²) in [5.74, 6) is -4.35. The fraction of sp³-hybridized carbons (Fsp3) is 0.0769. The molecule has 1 aromatic carbocycles. The fourth-order valence-corrected chi connectivity index (χ4v) is 1.71. The van der Waals surface area contributed by atoms with Crippen molar-refractivity contribution in [1.82, 2.24) is 4.98 Å². The summed E-state index contributed by atoms with van der Waals surface area (Å²) in [5.41, 5.74) is 5.96. The van der Waals surface area contributed by atoms with Crippen LogP contribution in [-0.2, 0) is 6.54 Å². The number of rotatable bonds is 4. The summed E-state index contributed by atoms with van der Waals surface area (Å²) in [4.78, 5) is 3.93. The predicted molar refractivity (Wildman–Crippen MR) is 70.4 cm³/mol. The van der Waals surface area contributed by atoms with Gasteiger partial charge in [0.2, 0.25) is 0 Å². The van der Waals surface area contributed by atoms with E-state index in [1.807, 2.05) is 0 Å². The van der Waals surface area contributed by atoms with Crippen LogP contribution in [0.2, 0.25) is 0 Å². The van der Waals surface area contributed by atoms with Crippen molar-refractivity contribution in [3.63, 3.8) is 0 Å². The number of pyridine rings is 1. The van der Waals surface area contributed by atoms with E-state index in [0.29, 0.717) is 5.56 Å². The monoisotopic (exact) mass is 296 g/mol. The molecule has 21 heavy (non-hydrogen) atoms. The number of benzene rings is 1. The predicted octanol–water partition coefficient (Wildman–Crippen LogP) is 2.21. The SMILES string of the molecule is NC(=NO)c1ncccc1CNc1ccc(F)c(F)c1F. The van der Waals surface area contributed by atoms with Crippen molar-refractivity contribution in [3.8, 4) is 0 Å². The molecule has 0 fully saturated rings. The standard InChI is InChI=1S/C13H11F3N4O/c14-8-3-4-9(11(16)10(8)15)19-6-7-2-1-5-18-12(7)13(17)20-21/h1-5,19,21H,6H2,(H2,17,20). The van der Waals surface area contributed by atoms with Crippen molar-refractivity contribution in [1.29, 1.82) is 0 Å². The van der Waals surface area contributed by atoms with E-state index < -0.39 is 17.5 Å². The number of aromatic nitrogens is 1. The molecule has 1 aromatic heterocycles. The maximum absolute atomic E-state index is 13.5. The third-order valence-corrected chi connectivity index (χ3v) is 2.75. The fourth-order valence-electron chi connectivity index (χ4n) is 1.71. The van der Waals surface area contributed by atoms with E-state index in [1.165, 1.54) is 6.20 Å². The number of hydrogen-bond donors (Lipinski definition) is 3. The minimum Gasteiger partial charge on any atom is -0.409 e. The van der Waals surface area contributed by atoms with E-state index in [1.54, 1.807) is 12.1 Å². The average molecular weight is 296 g/mol. The Morgan fingerprint density at radius 3 is 2.71 bits per heavy atom. The Morgan fingerprint density at radius 1 is 1.24 bits per heavy atom. The number of anilines is 1. The molecule has 0 amide bonds. The zero-order chi connectivity index (χ0) is 15.4. The Morgan fingerprint density at radius 2 is 2.00 bits per heavy atom. The van der Waals surface area contributed by atoms with Crippen LogP contribution in [0.4, 0.5) is 18.9 Å². The van der Waals surface area contributed by atoms with E-state index in [0.717, 1.165) is 12.1 Å². The first-order chi connectivity index (χ1) is 10.0. The minimum atomic E-state index is -1.55. The van der Waals surface area contributed by atoms with Gasteiger partial charge in [0.25, 0.3) is 0 Å². The molecule has 110 valence electrons. The third-order valence-electron chi connectivity index (χ3n) is 2.75. The van der Waals surface area contributed by atoms with Gasteiger partial charge in [0, 0.05) is 18.3 Å². The van der Waals surface area contributed by atoms with Crippen molar-refractivity contribution in [2.45, 2.75) is 6.54 Å². The number of nitrogens with zero attached hydrogens (tertiary/aromatic N) is 2. The van der Waals surface area contributed by atoms with Crippen LogP contribution in [0.3, 0.4) is 0 Å². The lowest BCUT2D eigenvalue weighted by Gasteiger charge is -2.11. The molecule has 0 atom stereocenters. The van der Waals surface area contributed by atoms with Gasteiger partial charge < -0.3 is 16.3 Å². The van der Waals surface area contributed by atoms with Crippen molar-refractivity contribution in [3.05, 3.63) is 59.2 Å². The van der Waals surface area contributed by atoms with Gasteiger partial charge in [-0.25, -0.2) is 13.2 Å². The third kappa shape index (κ3) is 3.04. The first-order valence-electron chi connectivity index (χ1n) is 5.83. The number of hydrogen-bond acceptors (Lipinski definition) is 4. The molecule has 0 unspecified atom stereocenters. The van der Waals surface area contributed by atoms with E-state index in [9.17, 15) is 13.2 Å². The van der Waals surface area contributed by atoms with Crippen molar-refractivity contribution in [2.24, 2.45) is 10.9 Å². The van der Waals surface area contributed by atoms with E-state index in [2.05, 4.69) is 15.5 Å². The first kappa shape index (κ1) is 14.6. The summed E-state index contributed by atoms with van der Waals surface area (Å²) >= 11 is 0. The second-order valence-electron chi connectivity index (χ2n) is 4.07. The van der Waals surface area contributed by atoms with Crippen LogP contribution in [0, 0.1) is 17.5 Å². The molecule has 0 saturated carbocycles. The highest BCUT2D eigenvalue weighted by Crippen LogP contribution is 2.20. The molecule has 4 N–H and O–H groups in total. The van der Waals surface area contributed by atoms with Gasteiger partial charge in [-0.2, -0.15) is 0 Å². The van der Waals surface area contributed by atoms with Gasteiger partial charge in [0.05, 0.1) is 5.69 Å². The Hall–Kier alpha value is -2.77. The van der Waals surface area contributed by atoms with Crippen molar-refractivity contribution < 1.29 is 18.4 Å². The molecule has 8 heteroatoms. The molecular formula is C13H11F3N4O. The maximum Gasteiger partial charge on any atom is 0.196 e. The van der Waals surface area contributed by atoms with Gasteiger partial charge in [-0.3, -0.25) is 4.98 Å². The van der Waals surface area contributed by atoms with E-state index in [-0.39, 0.29) is 23.8 Å². The molecule has 0 saturated heterocycles. The highest BCUT2D eigenvalue weighted by molar-refractivity contribution is 5.96. The first-order valence-corrected chi connectivity index (χ1v) is 5.83. The molecule has 0 aliphatic carbocycles. The highest BCUT2D eigenvalue weighted by Gasteiger charge is 2.14. The molecule has 5 nitrogen and oxygen atoms in total. The molecule has 0 aliphatic heterocycles. The normalized spacial score (nSPS) is 11.5. The van der Waals surface area contributed by atoms with Gasteiger partial charge in [0.15, 0.2) is 23.3 Å². The number of amidine groups is 1. The summed E-state index contributed by atoms with van der Waals surface area (Å²) in [7, 11) is 0. The second-order valence-corrected chi connectivity index (χ2v) is 4.07. The van der Waals surface area contributed by atoms with Gasteiger partial charge in [-0.05, 0) is 18.2 Å². The minimum absolute atomic E-state index is 0.0292. The van der Waals surface area contributed by atoms with Crippen LogP contribution >= 0.6 is 0 Å². The summed E-state index contributed by atoms with van der Waals surface area (Å²) in [5, 5.41) is 14.1. The Labute approximate surface area is 117 Å². The Bertz CT molecular complexity index is 691. The average Bonchev–Trinajstić information content (AvgIpc) is 2.51. The number of halogens is 3. The zero-order valence-electron chi connectivity index (χ0n) is 10.6.